The molecule has 0 aliphatic carbocycles. The van der Waals surface area contributed by atoms with Gasteiger partial charge in [-0.3, -0.25) is 0 Å². The van der Waals surface area contributed by atoms with Crippen LogP contribution < -0.4 is 20.5 Å². The van der Waals surface area contributed by atoms with Crippen molar-refractivity contribution in [3.8, 4) is 11.5 Å². The van der Waals surface area contributed by atoms with Gasteiger partial charge in [-0.15, -0.1) is 0 Å². The highest BCUT2D eigenvalue weighted by Crippen LogP contribution is 2.33. The Labute approximate surface area is 128 Å². The summed E-state index contributed by atoms with van der Waals surface area (Å²) in [5.74, 6) is 1.79. The highest BCUT2D eigenvalue weighted by molar-refractivity contribution is 6.32. The molecule has 21 heavy (non-hydrogen) atoms. The molecule has 6 nitrogen and oxygen atoms in total. The smallest absolute Gasteiger partial charge is 0.163 e. The molecule has 3 N–H and O–H groups in total. The van der Waals surface area contributed by atoms with Crippen molar-refractivity contribution in [2.75, 3.05) is 24.3 Å². The standard InChI is InChI=1S/C14H17ClN4O2/c1-3-20-10-6-5-9(7-11(10)21-4-2)19-14-12(16)13(15)17-8-18-14/h5-8H,3-4,16H2,1-2H3,(H,17,18,19). The van der Waals surface area contributed by atoms with Crippen molar-refractivity contribution in [3.05, 3.63) is 29.7 Å². The number of nitrogen functional groups attached to an aromatic ring is 1. The van der Waals surface area contributed by atoms with Crippen LogP contribution in [-0.4, -0.2) is 23.2 Å². The van der Waals surface area contributed by atoms with Crippen LogP contribution in [0.3, 0.4) is 0 Å². The lowest BCUT2D eigenvalue weighted by atomic mass is 10.2. The van der Waals surface area contributed by atoms with Crippen LogP contribution in [0.4, 0.5) is 17.2 Å². The van der Waals surface area contributed by atoms with Crippen molar-refractivity contribution in [1.29, 1.82) is 0 Å². The Balaban J connectivity index is 2.28. The van der Waals surface area contributed by atoms with Crippen molar-refractivity contribution in [2.24, 2.45) is 0 Å². The molecule has 0 atom stereocenters. The van der Waals surface area contributed by atoms with Gasteiger partial charge in [0.2, 0.25) is 0 Å². The summed E-state index contributed by atoms with van der Waals surface area (Å²) in [5, 5.41) is 3.30. The predicted octanol–water partition coefficient (Wildman–Crippen LogP) is 3.25. The molecule has 0 saturated heterocycles. The number of aromatic nitrogens is 2. The monoisotopic (exact) mass is 308 g/mol. The third kappa shape index (κ3) is 3.66. The van der Waals surface area contributed by atoms with E-state index in [0.717, 1.165) is 5.69 Å². The Morgan fingerprint density at radius 2 is 1.86 bits per heavy atom. The molecular formula is C14H17ClN4O2. The van der Waals surface area contributed by atoms with Gasteiger partial charge in [0.25, 0.3) is 0 Å². The van der Waals surface area contributed by atoms with Crippen LogP contribution >= 0.6 is 11.6 Å². The minimum atomic E-state index is 0.212. The Morgan fingerprint density at radius 3 is 2.57 bits per heavy atom. The van der Waals surface area contributed by atoms with Gasteiger partial charge in [0, 0.05) is 11.8 Å². The van der Waals surface area contributed by atoms with Crippen LogP contribution in [-0.2, 0) is 0 Å². The number of nitrogens with one attached hydrogen (secondary N) is 1. The molecule has 112 valence electrons. The highest BCUT2D eigenvalue weighted by atomic mass is 35.5. The van der Waals surface area contributed by atoms with E-state index in [4.69, 9.17) is 26.8 Å². The van der Waals surface area contributed by atoms with Gasteiger partial charge in [-0.1, -0.05) is 11.6 Å². The van der Waals surface area contributed by atoms with Crippen LogP contribution in [0.1, 0.15) is 13.8 Å². The second-order valence-corrected chi connectivity index (χ2v) is 4.44. The molecule has 2 aromatic rings. The van der Waals surface area contributed by atoms with E-state index in [9.17, 15) is 0 Å². The number of benzene rings is 1. The summed E-state index contributed by atoms with van der Waals surface area (Å²) in [6.07, 6.45) is 1.35. The summed E-state index contributed by atoms with van der Waals surface area (Å²) in [6, 6.07) is 5.50. The fourth-order valence-corrected chi connectivity index (χ4v) is 1.87. The maximum atomic E-state index is 5.87. The molecule has 0 aliphatic rings. The zero-order valence-electron chi connectivity index (χ0n) is 11.9. The van der Waals surface area contributed by atoms with Crippen LogP contribution in [0.25, 0.3) is 0 Å². The summed E-state index contributed by atoms with van der Waals surface area (Å²) in [4.78, 5) is 7.88. The fraction of sp³-hybridized carbons (Fsp3) is 0.286. The Kier molecular flexibility index (Phi) is 5.05. The minimum Gasteiger partial charge on any atom is -0.490 e. The first-order valence-corrected chi connectivity index (χ1v) is 6.96. The first kappa shape index (κ1) is 15.2. The van der Waals surface area contributed by atoms with Gasteiger partial charge in [-0.05, 0) is 26.0 Å². The summed E-state index contributed by atoms with van der Waals surface area (Å²) < 4.78 is 11.1. The summed E-state index contributed by atoms with van der Waals surface area (Å²) in [5.41, 5.74) is 6.89. The first-order chi connectivity index (χ1) is 10.2. The van der Waals surface area contributed by atoms with Gasteiger partial charge in [0.15, 0.2) is 22.5 Å². The normalized spacial score (nSPS) is 10.2. The summed E-state index contributed by atoms with van der Waals surface area (Å²) in [7, 11) is 0. The molecule has 0 spiro atoms. The van der Waals surface area contributed by atoms with E-state index < -0.39 is 0 Å². The zero-order chi connectivity index (χ0) is 15.2. The largest absolute Gasteiger partial charge is 0.490 e. The third-order valence-electron chi connectivity index (χ3n) is 2.64. The van der Waals surface area contributed by atoms with Gasteiger partial charge in [0.1, 0.15) is 12.0 Å². The predicted molar refractivity (Wildman–Crippen MR) is 83.5 cm³/mol. The van der Waals surface area contributed by atoms with Crippen LogP contribution in [0.2, 0.25) is 5.15 Å². The molecule has 2 rings (SSSR count). The fourth-order valence-electron chi connectivity index (χ4n) is 1.74. The number of hydrogen-bond donors (Lipinski definition) is 2. The maximum absolute atomic E-state index is 5.87. The quantitative estimate of drug-likeness (QED) is 0.797. The average Bonchev–Trinajstić information content (AvgIpc) is 2.47. The molecule has 0 radical (unpaired) electrons. The Bertz CT molecular complexity index is 622. The van der Waals surface area contributed by atoms with Crippen molar-refractivity contribution in [2.45, 2.75) is 13.8 Å². The van der Waals surface area contributed by atoms with Gasteiger partial charge in [-0.2, -0.15) is 0 Å². The van der Waals surface area contributed by atoms with Crippen LogP contribution in [0, 0.1) is 0 Å². The molecule has 0 unspecified atom stereocenters. The topological polar surface area (TPSA) is 82.3 Å². The number of halogens is 1. The van der Waals surface area contributed by atoms with Crippen molar-refractivity contribution in [1.82, 2.24) is 9.97 Å². The van der Waals surface area contributed by atoms with Gasteiger partial charge < -0.3 is 20.5 Å². The van der Waals surface area contributed by atoms with E-state index in [2.05, 4.69) is 15.3 Å². The molecule has 1 aromatic carbocycles. The number of hydrogen-bond acceptors (Lipinski definition) is 6. The van der Waals surface area contributed by atoms with E-state index in [1.807, 2.05) is 32.0 Å². The van der Waals surface area contributed by atoms with Gasteiger partial charge >= 0.3 is 0 Å². The number of ether oxygens (including phenoxy) is 2. The summed E-state index contributed by atoms with van der Waals surface area (Å²) in [6.45, 7) is 4.95. The molecule has 0 amide bonds. The number of anilines is 3. The van der Waals surface area contributed by atoms with Gasteiger partial charge in [0.05, 0.1) is 13.2 Å². The lowest BCUT2D eigenvalue weighted by Gasteiger charge is -2.14. The Morgan fingerprint density at radius 1 is 1.14 bits per heavy atom. The second kappa shape index (κ2) is 6.99. The molecule has 0 aliphatic heterocycles. The lowest BCUT2D eigenvalue weighted by molar-refractivity contribution is 0.288. The second-order valence-electron chi connectivity index (χ2n) is 4.08. The highest BCUT2D eigenvalue weighted by Gasteiger charge is 2.09. The lowest BCUT2D eigenvalue weighted by Crippen LogP contribution is -2.02. The third-order valence-corrected chi connectivity index (χ3v) is 2.94. The molecule has 1 aromatic heterocycles. The van der Waals surface area contributed by atoms with E-state index >= 15 is 0 Å². The number of rotatable bonds is 6. The van der Waals surface area contributed by atoms with E-state index in [1.54, 1.807) is 0 Å². The van der Waals surface area contributed by atoms with Crippen molar-refractivity contribution in [3.63, 3.8) is 0 Å². The molecule has 0 bridgehead atoms. The summed E-state index contributed by atoms with van der Waals surface area (Å²) >= 11 is 5.87. The van der Waals surface area contributed by atoms with E-state index in [1.165, 1.54) is 6.33 Å². The zero-order valence-corrected chi connectivity index (χ0v) is 12.6. The number of nitrogens with two attached hydrogens (primary N) is 1. The molecule has 1 heterocycles. The van der Waals surface area contributed by atoms with Gasteiger partial charge in [-0.25, -0.2) is 9.97 Å². The van der Waals surface area contributed by atoms with Crippen molar-refractivity contribution >= 4 is 28.8 Å². The molecule has 7 heteroatoms. The molecule has 0 saturated carbocycles. The SMILES string of the molecule is CCOc1ccc(Nc2ncnc(Cl)c2N)cc1OCC. The molecule has 0 fully saturated rings. The number of nitrogens with zero attached hydrogens (tertiary/aromatic N) is 2. The van der Waals surface area contributed by atoms with E-state index in [-0.39, 0.29) is 5.15 Å². The van der Waals surface area contributed by atoms with Crippen LogP contribution in [0.15, 0.2) is 24.5 Å². The Hall–Kier alpha value is -2.21. The maximum Gasteiger partial charge on any atom is 0.163 e. The average molecular weight is 309 g/mol. The van der Waals surface area contributed by atoms with Crippen molar-refractivity contribution < 1.29 is 9.47 Å². The minimum absolute atomic E-state index is 0.212. The first-order valence-electron chi connectivity index (χ1n) is 6.58. The van der Waals surface area contributed by atoms with E-state index in [0.29, 0.717) is 36.2 Å². The van der Waals surface area contributed by atoms with Crippen LogP contribution in [0.5, 0.6) is 11.5 Å². The molecular weight excluding hydrogens is 292 g/mol.